The van der Waals surface area contributed by atoms with Crippen molar-refractivity contribution in [2.75, 3.05) is 29.1 Å². The molecule has 2 heterocycles. The Hall–Kier alpha value is -5.62. The number of ether oxygens (including phenoxy) is 1. The minimum Gasteiger partial charge on any atom is -0.449 e. The molecule has 2 aliphatic heterocycles. The third-order valence-electron chi connectivity index (χ3n) is 9.55. The van der Waals surface area contributed by atoms with Crippen molar-refractivity contribution in [2.45, 2.75) is 35.2 Å². The molecular weight excluding hydrogens is 643 g/mol. The van der Waals surface area contributed by atoms with E-state index >= 15 is 0 Å². The van der Waals surface area contributed by atoms with Crippen LogP contribution in [0, 0.1) is 0 Å². The average Bonchev–Trinajstić information content (AvgIpc) is 3.69. The van der Waals surface area contributed by atoms with Crippen molar-refractivity contribution in [2.24, 2.45) is 0 Å². The lowest BCUT2D eigenvalue weighted by molar-refractivity contribution is -0.123. The summed E-state index contributed by atoms with van der Waals surface area (Å²) in [6.07, 6.45) is -0.0375. The van der Waals surface area contributed by atoms with E-state index in [4.69, 9.17) is 4.74 Å². The zero-order valence-electron chi connectivity index (χ0n) is 26.2. The number of hydrogen-bond donors (Lipinski definition) is 4. The summed E-state index contributed by atoms with van der Waals surface area (Å²) in [6, 6.07) is 27.3. The van der Waals surface area contributed by atoms with Crippen molar-refractivity contribution in [3.05, 3.63) is 113 Å². The lowest BCUT2D eigenvalue weighted by Gasteiger charge is -2.25. The molecule has 8 rings (SSSR count). The molecule has 4 aromatic rings. The van der Waals surface area contributed by atoms with Crippen molar-refractivity contribution in [3.8, 4) is 11.1 Å². The first-order valence-electron chi connectivity index (χ1n) is 16.0. The minimum absolute atomic E-state index is 0.110. The number of alkyl carbamates (subject to hydrolysis) is 1. The maximum absolute atomic E-state index is 14.0. The summed E-state index contributed by atoms with van der Waals surface area (Å²) >= 11 is 1.42. The fourth-order valence-corrected chi connectivity index (χ4v) is 8.35. The second-order valence-corrected chi connectivity index (χ2v) is 13.7. The molecule has 4 aliphatic rings. The van der Waals surface area contributed by atoms with E-state index in [1.165, 1.54) is 16.7 Å². The lowest BCUT2D eigenvalue weighted by atomic mass is 9.96. The summed E-state index contributed by atoms with van der Waals surface area (Å²) in [6.45, 7) is -0.183. The number of nitrogens with zero attached hydrogens (tertiary/aromatic N) is 1. The number of amides is 6. The van der Waals surface area contributed by atoms with Gasteiger partial charge in [0.25, 0.3) is 11.8 Å². The number of hydrogen-bond acceptors (Lipinski definition) is 7. The molecule has 6 amide bonds. The largest absolute Gasteiger partial charge is 0.449 e. The Bertz CT molecular complexity index is 2020. The zero-order valence-corrected chi connectivity index (χ0v) is 27.0. The van der Waals surface area contributed by atoms with Crippen LogP contribution in [0.5, 0.6) is 0 Å². The molecule has 4 aromatic carbocycles. The van der Waals surface area contributed by atoms with Gasteiger partial charge in [0.1, 0.15) is 24.7 Å². The van der Waals surface area contributed by atoms with Crippen LogP contribution in [-0.2, 0) is 32.0 Å². The highest BCUT2D eigenvalue weighted by Gasteiger charge is 2.50. The monoisotopic (exact) mass is 673 g/mol. The van der Waals surface area contributed by atoms with Gasteiger partial charge in [0.2, 0.25) is 5.91 Å². The molecule has 2 atom stereocenters. The number of imide groups is 1. The van der Waals surface area contributed by atoms with Crippen molar-refractivity contribution < 1.29 is 28.7 Å². The zero-order chi connectivity index (χ0) is 33.7. The first kappa shape index (κ1) is 30.7. The number of fused-ring (bicyclic) bond motifs is 5. The topological polar surface area (TPSA) is 146 Å². The van der Waals surface area contributed by atoms with Gasteiger partial charge in [-0.2, -0.15) is 0 Å². The Morgan fingerprint density at radius 2 is 1.57 bits per heavy atom. The number of thioether (sulfide) groups is 1. The minimum atomic E-state index is -1.02. The molecule has 1 fully saturated rings. The van der Waals surface area contributed by atoms with Gasteiger partial charge in [-0.3, -0.25) is 19.7 Å². The Morgan fingerprint density at radius 1 is 0.878 bits per heavy atom. The maximum Gasteiger partial charge on any atom is 0.407 e. The van der Waals surface area contributed by atoms with E-state index in [2.05, 4.69) is 33.4 Å². The molecule has 1 saturated heterocycles. The first-order valence-corrected chi connectivity index (χ1v) is 17.0. The normalized spacial score (nSPS) is 20.4. The molecule has 0 saturated carbocycles. The van der Waals surface area contributed by atoms with E-state index in [-0.39, 0.29) is 30.7 Å². The second-order valence-electron chi connectivity index (χ2n) is 12.6. The highest BCUT2D eigenvalue weighted by atomic mass is 32.2. The molecule has 4 N–H and O–H groups in total. The van der Waals surface area contributed by atoms with Crippen molar-refractivity contribution >= 4 is 53.0 Å². The maximum atomic E-state index is 14.0. The third kappa shape index (κ3) is 5.57. The van der Waals surface area contributed by atoms with Crippen LogP contribution in [0.3, 0.4) is 0 Å². The Balaban J connectivity index is 0.946. The molecule has 11 nitrogen and oxygen atoms in total. The van der Waals surface area contributed by atoms with Crippen LogP contribution < -0.4 is 26.2 Å². The van der Waals surface area contributed by atoms with Crippen LogP contribution >= 0.6 is 11.8 Å². The van der Waals surface area contributed by atoms with Crippen LogP contribution in [0.2, 0.25) is 0 Å². The van der Waals surface area contributed by atoms with E-state index in [0.717, 1.165) is 38.3 Å². The fraction of sp³-hybridized carbons (Fsp3) is 0.216. The van der Waals surface area contributed by atoms with Crippen molar-refractivity contribution in [3.63, 3.8) is 0 Å². The van der Waals surface area contributed by atoms with E-state index in [1.807, 2.05) is 54.6 Å². The number of carbonyl (C=O) groups excluding carboxylic acids is 5. The van der Waals surface area contributed by atoms with E-state index in [0.29, 0.717) is 24.2 Å². The van der Waals surface area contributed by atoms with Gasteiger partial charge in [-0.1, -0.05) is 66.7 Å². The van der Waals surface area contributed by atoms with Crippen LogP contribution in [-0.4, -0.2) is 60.3 Å². The molecule has 12 heteroatoms. The molecular formula is C37H31N5O6S. The van der Waals surface area contributed by atoms with Crippen LogP contribution in [0.4, 0.5) is 21.0 Å². The number of carbonyl (C=O) groups is 5. The van der Waals surface area contributed by atoms with Gasteiger partial charge in [0.15, 0.2) is 0 Å². The summed E-state index contributed by atoms with van der Waals surface area (Å²) in [7, 11) is 0. The van der Waals surface area contributed by atoms with Crippen molar-refractivity contribution in [1.82, 2.24) is 16.0 Å². The molecule has 0 radical (unpaired) electrons. The summed E-state index contributed by atoms with van der Waals surface area (Å²) < 4.78 is 5.73. The number of benzene rings is 4. The summed E-state index contributed by atoms with van der Waals surface area (Å²) in [5.74, 6) is -1.10. The SMILES string of the molecule is O=C(CN1C(=O)C(NC(=O)OCC2c3ccccc3-c3ccccc32)CSc2ccccc21)Nc1ccc2c(c1)CC1(C2)NC(=O)NC1=O. The van der Waals surface area contributed by atoms with E-state index in [1.54, 1.807) is 24.3 Å². The van der Waals surface area contributed by atoms with Crippen LogP contribution in [0.15, 0.2) is 95.9 Å². The molecule has 0 aromatic heterocycles. The molecule has 2 aliphatic carbocycles. The summed E-state index contributed by atoms with van der Waals surface area (Å²) in [5.41, 5.74) is 6.22. The summed E-state index contributed by atoms with van der Waals surface area (Å²) in [5, 5.41) is 10.7. The number of urea groups is 1. The molecule has 0 bridgehead atoms. The van der Waals surface area contributed by atoms with Gasteiger partial charge in [-0.05, 0) is 57.6 Å². The molecule has 246 valence electrons. The third-order valence-corrected chi connectivity index (χ3v) is 10.7. The quantitative estimate of drug-likeness (QED) is 0.223. The molecule has 1 spiro atoms. The highest BCUT2D eigenvalue weighted by molar-refractivity contribution is 7.99. The number of para-hydroxylation sites is 1. The first-order chi connectivity index (χ1) is 23.8. The lowest BCUT2D eigenvalue weighted by Crippen LogP contribution is -2.51. The second kappa shape index (κ2) is 12.1. The number of nitrogens with one attached hydrogen (secondary N) is 4. The number of rotatable bonds is 6. The van der Waals surface area contributed by atoms with Gasteiger partial charge in [-0.25, -0.2) is 9.59 Å². The summed E-state index contributed by atoms with van der Waals surface area (Å²) in [4.78, 5) is 67.0. The van der Waals surface area contributed by atoms with Gasteiger partial charge in [-0.15, -0.1) is 11.8 Å². The Kier molecular flexibility index (Phi) is 7.59. The standard InChI is InChI=1S/C37H31N5O6S/c43-32(38-23-14-13-21-16-37(17-22(21)15-23)34(45)40-35(46)41-37)18-42-30-11-5-6-12-31(30)49-20-29(33(42)44)39-36(47)48-19-28-26-9-3-1-7-24(26)25-8-2-4-10-27(25)28/h1-15,28-29H,16-20H2,(H,38,43)(H,39,47)(H2,40,41,45,46). The van der Waals surface area contributed by atoms with Crippen LogP contribution in [0.25, 0.3) is 11.1 Å². The van der Waals surface area contributed by atoms with E-state index < -0.39 is 35.5 Å². The van der Waals surface area contributed by atoms with Gasteiger partial charge in [0.05, 0.1) is 5.69 Å². The van der Waals surface area contributed by atoms with Crippen LogP contribution in [0.1, 0.15) is 28.2 Å². The Labute approximate surface area is 285 Å². The van der Waals surface area contributed by atoms with Gasteiger partial charge in [0, 0.05) is 35.1 Å². The van der Waals surface area contributed by atoms with Gasteiger partial charge >= 0.3 is 12.1 Å². The predicted molar refractivity (Wildman–Crippen MR) is 183 cm³/mol. The molecule has 49 heavy (non-hydrogen) atoms. The fourth-order valence-electron chi connectivity index (χ4n) is 7.28. The van der Waals surface area contributed by atoms with Crippen molar-refractivity contribution in [1.29, 1.82) is 0 Å². The highest BCUT2D eigenvalue weighted by Crippen LogP contribution is 2.44. The smallest absolute Gasteiger partial charge is 0.407 e. The van der Waals surface area contributed by atoms with E-state index in [9.17, 15) is 24.0 Å². The van der Waals surface area contributed by atoms with Gasteiger partial charge < -0.3 is 25.6 Å². The predicted octanol–water partition coefficient (Wildman–Crippen LogP) is 4.35. The Morgan fingerprint density at radius 3 is 2.31 bits per heavy atom. The molecule has 2 unspecified atom stereocenters. The average molecular weight is 674 g/mol. The number of anilines is 2.